The first-order valence-corrected chi connectivity index (χ1v) is 7.71. The first-order chi connectivity index (χ1) is 9.18. The summed E-state index contributed by atoms with van der Waals surface area (Å²) in [5.74, 6) is -1.31. The van der Waals surface area contributed by atoms with Crippen LogP contribution >= 0.6 is 0 Å². The second-order valence-electron chi connectivity index (χ2n) is 6.97. The Labute approximate surface area is 122 Å². The predicted octanol–water partition coefficient (Wildman–Crippen LogP) is 3.02. The van der Waals surface area contributed by atoms with E-state index in [0.717, 1.165) is 12.8 Å². The number of rotatable bonds is 7. The van der Waals surface area contributed by atoms with E-state index in [-0.39, 0.29) is 17.9 Å². The van der Waals surface area contributed by atoms with Crippen LogP contribution in [-0.2, 0) is 9.59 Å². The van der Waals surface area contributed by atoms with Gasteiger partial charge in [-0.15, -0.1) is 0 Å². The molecule has 1 aliphatic carbocycles. The monoisotopic (exact) mass is 283 g/mol. The number of hydrogen-bond donors (Lipinski definition) is 1. The Bertz CT molecular complexity index is 372. The highest BCUT2D eigenvalue weighted by atomic mass is 16.4. The van der Waals surface area contributed by atoms with Crippen LogP contribution in [0, 0.1) is 23.2 Å². The maximum atomic E-state index is 12.8. The van der Waals surface area contributed by atoms with Crippen molar-refractivity contribution in [1.82, 2.24) is 4.90 Å². The zero-order chi connectivity index (χ0) is 15.7. The first kappa shape index (κ1) is 17.0. The van der Waals surface area contributed by atoms with E-state index in [1.54, 1.807) is 0 Å². The van der Waals surface area contributed by atoms with Gasteiger partial charge >= 0.3 is 5.97 Å². The lowest BCUT2D eigenvalue weighted by Crippen LogP contribution is -2.43. The summed E-state index contributed by atoms with van der Waals surface area (Å²) in [4.78, 5) is 26.0. The molecule has 0 aromatic rings. The molecule has 4 nitrogen and oxygen atoms in total. The third kappa shape index (κ3) is 3.15. The number of carboxylic acid groups (broad SMARTS) is 1. The third-order valence-corrected chi connectivity index (χ3v) is 4.59. The molecule has 1 N–H and O–H groups in total. The van der Waals surface area contributed by atoms with Crippen LogP contribution in [0.1, 0.15) is 54.4 Å². The van der Waals surface area contributed by atoms with Crippen LogP contribution in [-0.4, -0.2) is 34.5 Å². The Balaban J connectivity index is 2.92. The van der Waals surface area contributed by atoms with Crippen LogP contribution in [0.25, 0.3) is 0 Å². The summed E-state index contributed by atoms with van der Waals surface area (Å²) in [6.07, 6.45) is 1.83. The number of nitrogens with zero attached hydrogens (tertiary/aromatic N) is 1. The van der Waals surface area contributed by atoms with Crippen LogP contribution in [0.2, 0.25) is 0 Å². The van der Waals surface area contributed by atoms with Gasteiger partial charge in [0.25, 0.3) is 0 Å². The molecule has 0 aliphatic heterocycles. The van der Waals surface area contributed by atoms with Gasteiger partial charge in [0.2, 0.25) is 5.91 Å². The molecule has 0 aromatic carbocycles. The number of aliphatic carboxylic acids is 1. The van der Waals surface area contributed by atoms with Crippen molar-refractivity contribution < 1.29 is 14.7 Å². The van der Waals surface area contributed by atoms with E-state index in [0.29, 0.717) is 12.5 Å². The number of hydrogen-bond acceptors (Lipinski definition) is 2. The molecular formula is C16H29NO3. The van der Waals surface area contributed by atoms with Gasteiger partial charge in [0, 0.05) is 12.6 Å². The highest BCUT2D eigenvalue weighted by Gasteiger charge is 2.66. The van der Waals surface area contributed by atoms with Gasteiger partial charge in [0.05, 0.1) is 11.8 Å². The minimum absolute atomic E-state index is 0.0322. The molecule has 2 atom stereocenters. The lowest BCUT2D eigenvalue weighted by molar-refractivity contribution is -0.143. The SMILES string of the molecule is CCC(CC)N(CC(C)C)C(=O)C1C(C(=O)O)C1(C)C. The zero-order valence-corrected chi connectivity index (χ0v) is 13.6. The summed E-state index contributed by atoms with van der Waals surface area (Å²) in [7, 11) is 0. The average Bonchev–Trinajstić information content (AvgIpc) is 2.91. The maximum absolute atomic E-state index is 12.8. The maximum Gasteiger partial charge on any atom is 0.307 e. The van der Waals surface area contributed by atoms with Gasteiger partial charge in [-0.2, -0.15) is 0 Å². The van der Waals surface area contributed by atoms with Gasteiger partial charge in [0.15, 0.2) is 0 Å². The summed E-state index contributed by atoms with van der Waals surface area (Å²) in [5.41, 5.74) is -0.413. The van der Waals surface area contributed by atoms with Gasteiger partial charge in [-0.3, -0.25) is 9.59 Å². The fraction of sp³-hybridized carbons (Fsp3) is 0.875. The predicted molar refractivity (Wildman–Crippen MR) is 79.3 cm³/mol. The molecule has 0 spiro atoms. The molecule has 1 fully saturated rings. The van der Waals surface area contributed by atoms with Crippen molar-refractivity contribution >= 4 is 11.9 Å². The standard InChI is InChI=1S/C16H29NO3/c1-7-11(8-2)17(9-10(3)4)14(18)12-13(15(19)20)16(12,5)6/h10-13H,7-9H2,1-6H3,(H,19,20). The Morgan fingerprint density at radius 2 is 1.65 bits per heavy atom. The Morgan fingerprint density at radius 3 is 1.95 bits per heavy atom. The molecule has 20 heavy (non-hydrogen) atoms. The van der Waals surface area contributed by atoms with E-state index in [9.17, 15) is 14.7 Å². The number of carbonyl (C=O) groups is 2. The summed E-state index contributed by atoms with van der Waals surface area (Å²) in [5, 5.41) is 9.25. The third-order valence-electron chi connectivity index (χ3n) is 4.59. The topological polar surface area (TPSA) is 57.6 Å². The quantitative estimate of drug-likeness (QED) is 0.781. The number of amides is 1. The summed E-state index contributed by atoms with van der Waals surface area (Å²) in [6.45, 7) is 12.8. The first-order valence-electron chi connectivity index (χ1n) is 7.71. The lowest BCUT2D eigenvalue weighted by Gasteiger charge is -2.32. The van der Waals surface area contributed by atoms with Gasteiger partial charge < -0.3 is 10.0 Å². The van der Waals surface area contributed by atoms with E-state index in [1.807, 2.05) is 18.7 Å². The molecule has 0 radical (unpaired) electrons. The van der Waals surface area contributed by atoms with Gasteiger partial charge in [0.1, 0.15) is 0 Å². The molecule has 4 heteroatoms. The zero-order valence-electron chi connectivity index (χ0n) is 13.6. The molecule has 116 valence electrons. The lowest BCUT2D eigenvalue weighted by atomic mass is 10.0. The molecule has 0 aromatic heterocycles. The van der Waals surface area contributed by atoms with Crippen molar-refractivity contribution in [2.24, 2.45) is 23.2 Å². The van der Waals surface area contributed by atoms with E-state index in [2.05, 4.69) is 27.7 Å². The molecule has 1 rings (SSSR count). The van der Waals surface area contributed by atoms with Crippen LogP contribution in [0.4, 0.5) is 0 Å². The van der Waals surface area contributed by atoms with Crippen LogP contribution < -0.4 is 0 Å². The Hall–Kier alpha value is -1.06. The Kier molecular flexibility index (Phi) is 5.22. The molecular weight excluding hydrogens is 254 g/mol. The largest absolute Gasteiger partial charge is 0.481 e. The average molecular weight is 283 g/mol. The van der Waals surface area contributed by atoms with Crippen molar-refractivity contribution in [3.8, 4) is 0 Å². The van der Waals surface area contributed by atoms with Crippen molar-refractivity contribution in [2.75, 3.05) is 6.54 Å². The number of carbonyl (C=O) groups excluding carboxylic acids is 1. The van der Waals surface area contributed by atoms with Crippen LogP contribution in [0.3, 0.4) is 0 Å². The summed E-state index contributed by atoms with van der Waals surface area (Å²) < 4.78 is 0. The van der Waals surface area contributed by atoms with E-state index in [4.69, 9.17) is 0 Å². The summed E-state index contributed by atoms with van der Waals surface area (Å²) >= 11 is 0. The van der Waals surface area contributed by atoms with Gasteiger partial charge in [-0.05, 0) is 24.2 Å². The molecule has 0 saturated heterocycles. The minimum atomic E-state index is -0.845. The highest BCUT2D eigenvalue weighted by molar-refractivity contribution is 5.91. The van der Waals surface area contributed by atoms with E-state index >= 15 is 0 Å². The fourth-order valence-electron chi connectivity index (χ4n) is 3.28. The fourth-order valence-corrected chi connectivity index (χ4v) is 3.28. The molecule has 0 heterocycles. The minimum Gasteiger partial charge on any atom is -0.481 e. The second-order valence-corrected chi connectivity index (χ2v) is 6.97. The van der Waals surface area contributed by atoms with Crippen LogP contribution in [0.5, 0.6) is 0 Å². The van der Waals surface area contributed by atoms with Crippen molar-refractivity contribution in [3.05, 3.63) is 0 Å². The normalized spacial score (nSPS) is 24.0. The van der Waals surface area contributed by atoms with E-state index < -0.39 is 17.3 Å². The summed E-state index contributed by atoms with van der Waals surface area (Å²) in [6, 6.07) is 0.218. The Morgan fingerprint density at radius 1 is 1.15 bits per heavy atom. The van der Waals surface area contributed by atoms with E-state index in [1.165, 1.54) is 0 Å². The molecule has 1 aliphatic rings. The smallest absolute Gasteiger partial charge is 0.307 e. The second kappa shape index (κ2) is 6.15. The highest BCUT2D eigenvalue weighted by Crippen LogP contribution is 2.59. The van der Waals surface area contributed by atoms with Crippen molar-refractivity contribution in [3.63, 3.8) is 0 Å². The van der Waals surface area contributed by atoms with Crippen molar-refractivity contribution in [2.45, 2.75) is 60.4 Å². The molecule has 1 saturated carbocycles. The van der Waals surface area contributed by atoms with Gasteiger partial charge in [-0.1, -0.05) is 41.5 Å². The number of carboxylic acids is 1. The van der Waals surface area contributed by atoms with Gasteiger partial charge in [-0.25, -0.2) is 0 Å². The van der Waals surface area contributed by atoms with Crippen molar-refractivity contribution in [1.29, 1.82) is 0 Å². The molecule has 2 unspecified atom stereocenters. The van der Waals surface area contributed by atoms with Crippen LogP contribution in [0.15, 0.2) is 0 Å². The molecule has 1 amide bonds. The molecule has 0 bridgehead atoms.